The Kier molecular flexibility index (Phi) is 6.33. The van der Waals surface area contributed by atoms with E-state index in [1.807, 2.05) is 31.2 Å². The number of amides is 1. The summed E-state index contributed by atoms with van der Waals surface area (Å²) in [6.45, 7) is 1.52. The number of hydrogen-bond donors (Lipinski definition) is 0. The van der Waals surface area contributed by atoms with E-state index >= 15 is 0 Å². The molecule has 8 heteroatoms. The van der Waals surface area contributed by atoms with Crippen molar-refractivity contribution in [3.05, 3.63) is 53.0 Å². The van der Waals surface area contributed by atoms with Gasteiger partial charge in [0.1, 0.15) is 16.5 Å². The largest absolute Gasteiger partial charge is 0.497 e. The highest BCUT2D eigenvalue weighted by atomic mass is 32.1. The molecule has 1 amide bonds. The van der Waals surface area contributed by atoms with Crippen LogP contribution in [0, 0.1) is 0 Å². The molecular formula is C21H22N2O5S. The summed E-state index contributed by atoms with van der Waals surface area (Å²) in [7, 11) is 4.65. The Hall–Kier alpha value is -3.13. The van der Waals surface area contributed by atoms with Gasteiger partial charge in [0.05, 0.1) is 36.0 Å². The third-order valence-electron chi connectivity index (χ3n) is 4.56. The second kappa shape index (κ2) is 8.91. The predicted molar refractivity (Wildman–Crippen MR) is 111 cm³/mol. The number of nitrogens with zero attached hydrogens (tertiary/aromatic N) is 2. The zero-order valence-corrected chi connectivity index (χ0v) is 17.5. The van der Waals surface area contributed by atoms with Crippen molar-refractivity contribution in [2.24, 2.45) is 0 Å². The van der Waals surface area contributed by atoms with Crippen molar-refractivity contribution in [2.75, 3.05) is 27.9 Å². The molecule has 0 saturated carbocycles. The van der Waals surface area contributed by atoms with Crippen LogP contribution in [-0.4, -0.2) is 49.6 Å². The van der Waals surface area contributed by atoms with E-state index in [9.17, 15) is 9.59 Å². The fraction of sp³-hybridized carbons (Fsp3) is 0.286. The zero-order valence-electron chi connectivity index (χ0n) is 16.7. The lowest BCUT2D eigenvalue weighted by Crippen LogP contribution is -2.33. The van der Waals surface area contributed by atoms with E-state index in [0.29, 0.717) is 11.5 Å². The van der Waals surface area contributed by atoms with Crippen molar-refractivity contribution in [1.82, 2.24) is 9.88 Å². The first kappa shape index (κ1) is 20.6. The van der Waals surface area contributed by atoms with E-state index in [-0.39, 0.29) is 24.1 Å². The molecule has 3 aromatic rings. The molecule has 1 atom stereocenters. The van der Waals surface area contributed by atoms with E-state index in [2.05, 4.69) is 4.98 Å². The van der Waals surface area contributed by atoms with E-state index in [1.165, 1.54) is 31.3 Å². The number of carbonyl (C=O) groups excluding carboxylic acids is 2. The molecule has 0 bridgehead atoms. The first-order valence-corrected chi connectivity index (χ1v) is 9.76. The van der Waals surface area contributed by atoms with Crippen molar-refractivity contribution in [1.29, 1.82) is 0 Å². The highest BCUT2D eigenvalue weighted by molar-refractivity contribution is 7.18. The SMILES string of the molecule is COc1cc(OC)cc(C(=O)OCC(=O)N(C)[C@@H](C)c2nc3ccccc3s2)c1. The number of fused-ring (bicyclic) bond motifs is 1. The topological polar surface area (TPSA) is 78.0 Å². The number of rotatable bonds is 7. The molecule has 1 heterocycles. The molecule has 152 valence electrons. The molecule has 0 aliphatic rings. The number of para-hydroxylation sites is 1. The second-order valence-corrected chi connectivity index (χ2v) is 7.44. The molecular weight excluding hydrogens is 392 g/mol. The summed E-state index contributed by atoms with van der Waals surface area (Å²) in [5.74, 6) is -0.0232. The smallest absolute Gasteiger partial charge is 0.338 e. The van der Waals surface area contributed by atoms with Crippen molar-refractivity contribution in [2.45, 2.75) is 13.0 Å². The average molecular weight is 414 g/mol. The van der Waals surface area contributed by atoms with Crippen molar-refractivity contribution in [3.8, 4) is 11.5 Å². The number of hydrogen-bond acceptors (Lipinski definition) is 7. The fourth-order valence-electron chi connectivity index (χ4n) is 2.69. The van der Waals surface area contributed by atoms with Gasteiger partial charge >= 0.3 is 5.97 Å². The van der Waals surface area contributed by atoms with E-state index in [4.69, 9.17) is 14.2 Å². The van der Waals surface area contributed by atoms with Gasteiger partial charge in [-0.2, -0.15) is 0 Å². The lowest BCUT2D eigenvalue weighted by atomic mass is 10.2. The van der Waals surface area contributed by atoms with Crippen LogP contribution in [0.5, 0.6) is 11.5 Å². The normalized spacial score (nSPS) is 11.7. The number of methoxy groups -OCH3 is 2. The number of aromatic nitrogens is 1. The van der Waals surface area contributed by atoms with Crippen LogP contribution in [0.1, 0.15) is 28.3 Å². The Bertz CT molecular complexity index is 978. The van der Waals surface area contributed by atoms with Gasteiger partial charge < -0.3 is 19.1 Å². The van der Waals surface area contributed by atoms with Gasteiger partial charge in [-0.1, -0.05) is 12.1 Å². The van der Waals surface area contributed by atoms with Gasteiger partial charge in [-0.05, 0) is 31.2 Å². The highest BCUT2D eigenvalue weighted by Gasteiger charge is 2.22. The minimum atomic E-state index is -0.628. The number of benzene rings is 2. The Balaban J connectivity index is 1.64. The van der Waals surface area contributed by atoms with Gasteiger partial charge in [0.25, 0.3) is 5.91 Å². The maximum atomic E-state index is 12.5. The number of ether oxygens (including phenoxy) is 3. The Morgan fingerprint density at radius 3 is 2.38 bits per heavy atom. The Morgan fingerprint density at radius 2 is 1.76 bits per heavy atom. The third kappa shape index (κ3) is 4.65. The quantitative estimate of drug-likeness (QED) is 0.549. The first-order valence-electron chi connectivity index (χ1n) is 8.94. The molecule has 3 rings (SSSR count). The van der Waals surface area contributed by atoms with Crippen molar-refractivity contribution in [3.63, 3.8) is 0 Å². The third-order valence-corrected chi connectivity index (χ3v) is 5.76. The second-order valence-electron chi connectivity index (χ2n) is 6.38. The number of thiazole rings is 1. The standard InChI is InChI=1S/C21H22N2O5S/c1-13(20-22-17-7-5-6-8-18(17)29-20)23(2)19(24)12-28-21(25)14-9-15(26-3)11-16(10-14)27-4/h5-11,13H,12H2,1-4H3/t13-/m0/s1. The van der Waals surface area contributed by atoms with Gasteiger partial charge in [0, 0.05) is 13.1 Å². The Morgan fingerprint density at radius 1 is 1.10 bits per heavy atom. The van der Waals surface area contributed by atoms with Crippen LogP contribution < -0.4 is 9.47 Å². The lowest BCUT2D eigenvalue weighted by Gasteiger charge is -2.23. The maximum Gasteiger partial charge on any atom is 0.338 e. The van der Waals surface area contributed by atoms with Crippen LogP contribution in [0.2, 0.25) is 0 Å². The molecule has 0 unspecified atom stereocenters. The minimum Gasteiger partial charge on any atom is -0.497 e. The van der Waals surface area contributed by atoms with Gasteiger partial charge in [-0.3, -0.25) is 4.79 Å². The molecule has 0 fully saturated rings. The van der Waals surface area contributed by atoms with Gasteiger partial charge in [-0.15, -0.1) is 11.3 Å². The van der Waals surface area contributed by atoms with Gasteiger partial charge in [-0.25, -0.2) is 9.78 Å². The lowest BCUT2D eigenvalue weighted by molar-refractivity contribution is -0.135. The summed E-state index contributed by atoms with van der Waals surface area (Å²) in [5, 5.41) is 0.825. The number of carbonyl (C=O) groups is 2. The predicted octanol–water partition coefficient (Wildman–Crippen LogP) is 3.69. The summed E-state index contributed by atoms with van der Waals surface area (Å²) in [6.07, 6.45) is 0. The molecule has 0 aliphatic carbocycles. The van der Waals surface area contributed by atoms with Crippen LogP contribution in [-0.2, 0) is 9.53 Å². The molecule has 0 radical (unpaired) electrons. The first-order chi connectivity index (χ1) is 13.9. The van der Waals surface area contributed by atoms with Gasteiger partial charge in [0.2, 0.25) is 0 Å². The van der Waals surface area contributed by atoms with Crippen LogP contribution >= 0.6 is 11.3 Å². The van der Waals surface area contributed by atoms with Crippen LogP contribution in [0.25, 0.3) is 10.2 Å². The van der Waals surface area contributed by atoms with Crippen molar-refractivity contribution < 1.29 is 23.8 Å². The maximum absolute atomic E-state index is 12.5. The molecule has 1 aromatic heterocycles. The average Bonchev–Trinajstić information content (AvgIpc) is 3.19. The number of esters is 1. The summed E-state index contributed by atoms with van der Waals surface area (Å²) in [5.41, 5.74) is 1.15. The van der Waals surface area contributed by atoms with Crippen LogP contribution in [0.15, 0.2) is 42.5 Å². The van der Waals surface area contributed by atoms with E-state index in [1.54, 1.807) is 24.5 Å². The molecule has 0 aliphatic heterocycles. The number of likely N-dealkylation sites (N-methyl/N-ethyl adjacent to an activating group) is 1. The fourth-order valence-corrected chi connectivity index (χ4v) is 3.75. The van der Waals surface area contributed by atoms with Crippen molar-refractivity contribution >= 4 is 33.4 Å². The van der Waals surface area contributed by atoms with Gasteiger partial charge in [0.15, 0.2) is 6.61 Å². The minimum absolute atomic E-state index is 0.240. The summed E-state index contributed by atoms with van der Waals surface area (Å²) >= 11 is 1.54. The highest BCUT2D eigenvalue weighted by Crippen LogP contribution is 2.29. The monoisotopic (exact) mass is 414 g/mol. The van der Waals surface area contributed by atoms with Crippen LogP contribution in [0.3, 0.4) is 0 Å². The summed E-state index contributed by atoms with van der Waals surface area (Å²) in [4.78, 5) is 31.0. The molecule has 0 N–H and O–H groups in total. The zero-order chi connectivity index (χ0) is 21.0. The van der Waals surface area contributed by atoms with E-state index < -0.39 is 5.97 Å². The Labute approximate surface area is 172 Å². The molecule has 29 heavy (non-hydrogen) atoms. The molecule has 2 aromatic carbocycles. The molecule has 0 saturated heterocycles. The summed E-state index contributed by atoms with van der Waals surface area (Å²) in [6, 6.07) is 12.3. The molecule has 0 spiro atoms. The van der Waals surface area contributed by atoms with E-state index in [0.717, 1.165) is 15.2 Å². The molecule has 7 nitrogen and oxygen atoms in total. The summed E-state index contributed by atoms with van der Waals surface area (Å²) < 4.78 is 16.6. The van der Waals surface area contributed by atoms with Crippen LogP contribution in [0.4, 0.5) is 0 Å².